The van der Waals surface area contributed by atoms with Gasteiger partial charge >= 0.3 is 0 Å². The molecule has 2 rings (SSSR count). The van der Waals surface area contributed by atoms with Crippen molar-refractivity contribution in [3.05, 3.63) is 58.4 Å². The number of hydrogen-bond donors (Lipinski definition) is 1. The molecular weight excluding hydrogens is 250 g/mol. The summed E-state index contributed by atoms with van der Waals surface area (Å²) in [5, 5.41) is 10.9. The summed E-state index contributed by atoms with van der Waals surface area (Å²) in [4.78, 5) is 4.02. The maximum absolute atomic E-state index is 10.3. The summed E-state index contributed by atoms with van der Waals surface area (Å²) in [6.45, 7) is 1.95. The zero-order valence-corrected chi connectivity index (χ0v) is 11.0. The number of rotatable bonds is 3. The van der Waals surface area contributed by atoms with Crippen molar-refractivity contribution in [1.29, 1.82) is 0 Å². The van der Waals surface area contributed by atoms with E-state index in [2.05, 4.69) is 4.98 Å². The molecule has 0 aliphatic heterocycles. The van der Waals surface area contributed by atoms with Crippen LogP contribution >= 0.6 is 11.6 Å². The molecule has 18 heavy (non-hydrogen) atoms. The van der Waals surface area contributed by atoms with Crippen LogP contribution in [0.3, 0.4) is 0 Å². The average molecular weight is 264 g/mol. The second kappa shape index (κ2) is 5.38. The first-order chi connectivity index (χ1) is 8.61. The van der Waals surface area contributed by atoms with Gasteiger partial charge in [0, 0.05) is 22.3 Å². The highest BCUT2D eigenvalue weighted by Crippen LogP contribution is 2.29. The van der Waals surface area contributed by atoms with Crippen LogP contribution in [-0.4, -0.2) is 17.2 Å². The predicted molar refractivity (Wildman–Crippen MR) is 71.0 cm³/mol. The number of benzene rings is 1. The second-order valence-corrected chi connectivity index (χ2v) is 4.49. The molecule has 0 spiro atoms. The highest BCUT2D eigenvalue weighted by atomic mass is 35.5. The van der Waals surface area contributed by atoms with Gasteiger partial charge in [-0.25, -0.2) is 0 Å². The first-order valence-corrected chi connectivity index (χ1v) is 5.92. The van der Waals surface area contributed by atoms with Gasteiger partial charge in [-0.1, -0.05) is 23.7 Å². The van der Waals surface area contributed by atoms with E-state index in [0.717, 1.165) is 5.56 Å². The molecule has 0 fully saturated rings. The number of nitrogens with zero attached hydrogens (tertiary/aromatic N) is 1. The third-order valence-corrected chi connectivity index (χ3v) is 3.06. The minimum Gasteiger partial charge on any atom is -0.495 e. The number of aliphatic hydroxyl groups excluding tert-OH is 1. The number of methoxy groups -OCH3 is 1. The zero-order chi connectivity index (χ0) is 13.1. The van der Waals surface area contributed by atoms with Crippen molar-refractivity contribution < 1.29 is 9.84 Å². The Balaban J connectivity index is 2.37. The quantitative estimate of drug-likeness (QED) is 0.925. The van der Waals surface area contributed by atoms with Crippen LogP contribution in [0.25, 0.3) is 0 Å². The number of aryl methyl sites for hydroxylation is 1. The van der Waals surface area contributed by atoms with Gasteiger partial charge in [0.1, 0.15) is 11.9 Å². The number of aliphatic hydroxyl groups is 1. The fourth-order valence-electron chi connectivity index (χ4n) is 1.73. The molecule has 0 bridgehead atoms. The SMILES string of the molecule is COc1cncc(C(O)c2ccc(C)cc2Cl)c1. The summed E-state index contributed by atoms with van der Waals surface area (Å²) in [5.74, 6) is 0.606. The molecule has 0 saturated heterocycles. The molecule has 0 radical (unpaired) electrons. The van der Waals surface area contributed by atoms with Gasteiger partial charge < -0.3 is 9.84 Å². The lowest BCUT2D eigenvalue weighted by Gasteiger charge is -2.14. The molecule has 1 aromatic heterocycles. The summed E-state index contributed by atoms with van der Waals surface area (Å²) in [7, 11) is 1.56. The highest BCUT2D eigenvalue weighted by Gasteiger charge is 2.15. The normalized spacial score (nSPS) is 12.2. The van der Waals surface area contributed by atoms with E-state index in [1.54, 1.807) is 25.6 Å². The average Bonchev–Trinajstić information content (AvgIpc) is 2.38. The first kappa shape index (κ1) is 12.9. The van der Waals surface area contributed by atoms with Crippen molar-refractivity contribution in [2.45, 2.75) is 13.0 Å². The van der Waals surface area contributed by atoms with Crippen LogP contribution in [0.1, 0.15) is 22.8 Å². The van der Waals surface area contributed by atoms with Crippen molar-refractivity contribution in [3.63, 3.8) is 0 Å². The Morgan fingerprint density at radius 1 is 1.28 bits per heavy atom. The van der Waals surface area contributed by atoms with Gasteiger partial charge in [0.2, 0.25) is 0 Å². The molecule has 1 atom stereocenters. The smallest absolute Gasteiger partial charge is 0.137 e. The van der Waals surface area contributed by atoms with Crippen LogP contribution in [0.5, 0.6) is 5.75 Å². The Morgan fingerprint density at radius 2 is 2.06 bits per heavy atom. The van der Waals surface area contributed by atoms with Crippen LogP contribution in [0, 0.1) is 6.92 Å². The minimum atomic E-state index is -0.805. The fourth-order valence-corrected chi connectivity index (χ4v) is 2.07. The molecule has 94 valence electrons. The van der Waals surface area contributed by atoms with Gasteiger partial charge in [-0.05, 0) is 24.6 Å². The molecule has 2 aromatic rings. The molecular formula is C14H14ClNO2. The van der Waals surface area contributed by atoms with E-state index in [1.165, 1.54) is 0 Å². The van der Waals surface area contributed by atoms with E-state index in [-0.39, 0.29) is 0 Å². The predicted octanol–water partition coefficient (Wildman–Crippen LogP) is 3.13. The van der Waals surface area contributed by atoms with Crippen molar-refractivity contribution in [2.75, 3.05) is 7.11 Å². The van der Waals surface area contributed by atoms with Gasteiger partial charge in [-0.3, -0.25) is 4.98 Å². The Bertz CT molecular complexity index is 557. The molecule has 3 nitrogen and oxygen atoms in total. The number of ether oxygens (including phenoxy) is 1. The van der Waals surface area contributed by atoms with Crippen LogP contribution in [0.2, 0.25) is 5.02 Å². The Kier molecular flexibility index (Phi) is 3.84. The molecule has 0 amide bonds. The van der Waals surface area contributed by atoms with Gasteiger partial charge in [0.05, 0.1) is 13.3 Å². The second-order valence-electron chi connectivity index (χ2n) is 4.09. The maximum atomic E-state index is 10.3. The molecule has 0 saturated carbocycles. The van der Waals surface area contributed by atoms with E-state index in [1.807, 2.05) is 25.1 Å². The van der Waals surface area contributed by atoms with Gasteiger partial charge in [0.25, 0.3) is 0 Å². The lowest BCUT2D eigenvalue weighted by Crippen LogP contribution is -2.02. The fraction of sp³-hybridized carbons (Fsp3) is 0.214. The molecule has 1 unspecified atom stereocenters. The molecule has 1 aromatic carbocycles. The number of halogens is 1. The molecule has 0 aliphatic carbocycles. The molecule has 4 heteroatoms. The van der Waals surface area contributed by atoms with Crippen molar-refractivity contribution in [1.82, 2.24) is 4.98 Å². The molecule has 1 heterocycles. The summed E-state index contributed by atoms with van der Waals surface area (Å²) >= 11 is 6.14. The lowest BCUT2D eigenvalue weighted by atomic mass is 10.0. The summed E-state index contributed by atoms with van der Waals surface area (Å²) in [6.07, 6.45) is 2.39. The lowest BCUT2D eigenvalue weighted by molar-refractivity contribution is 0.219. The van der Waals surface area contributed by atoms with Gasteiger partial charge in [-0.15, -0.1) is 0 Å². The zero-order valence-electron chi connectivity index (χ0n) is 10.2. The number of pyridine rings is 1. The Labute approximate surface area is 111 Å². The van der Waals surface area contributed by atoms with Crippen LogP contribution in [0.15, 0.2) is 36.7 Å². The van der Waals surface area contributed by atoms with E-state index in [9.17, 15) is 5.11 Å². The van der Waals surface area contributed by atoms with Crippen molar-refractivity contribution >= 4 is 11.6 Å². The van der Waals surface area contributed by atoms with E-state index in [0.29, 0.717) is 21.9 Å². The largest absolute Gasteiger partial charge is 0.495 e. The Hall–Kier alpha value is -1.58. The van der Waals surface area contributed by atoms with Gasteiger partial charge in [-0.2, -0.15) is 0 Å². The van der Waals surface area contributed by atoms with E-state index >= 15 is 0 Å². The summed E-state index contributed by atoms with van der Waals surface area (Å²) < 4.78 is 5.08. The first-order valence-electron chi connectivity index (χ1n) is 5.55. The number of hydrogen-bond acceptors (Lipinski definition) is 3. The third kappa shape index (κ3) is 2.63. The van der Waals surface area contributed by atoms with Crippen LogP contribution < -0.4 is 4.74 Å². The topological polar surface area (TPSA) is 42.4 Å². The third-order valence-electron chi connectivity index (χ3n) is 2.74. The summed E-state index contributed by atoms with van der Waals surface area (Å²) in [6, 6.07) is 7.31. The van der Waals surface area contributed by atoms with Crippen molar-refractivity contribution in [2.24, 2.45) is 0 Å². The Morgan fingerprint density at radius 3 is 2.72 bits per heavy atom. The monoisotopic (exact) mass is 263 g/mol. The van der Waals surface area contributed by atoms with E-state index in [4.69, 9.17) is 16.3 Å². The maximum Gasteiger partial charge on any atom is 0.137 e. The molecule has 0 aliphatic rings. The van der Waals surface area contributed by atoms with Crippen LogP contribution in [0.4, 0.5) is 0 Å². The molecule has 1 N–H and O–H groups in total. The standard InChI is InChI=1S/C14H14ClNO2/c1-9-3-4-12(13(15)5-9)14(17)10-6-11(18-2)8-16-7-10/h3-8,14,17H,1-2H3. The van der Waals surface area contributed by atoms with Crippen molar-refractivity contribution in [3.8, 4) is 5.75 Å². The van der Waals surface area contributed by atoms with Gasteiger partial charge in [0.15, 0.2) is 0 Å². The van der Waals surface area contributed by atoms with Crippen LogP contribution in [-0.2, 0) is 0 Å². The highest BCUT2D eigenvalue weighted by molar-refractivity contribution is 6.31. The minimum absolute atomic E-state index is 0.547. The summed E-state index contributed by atoms with van der Waals surface area (Å²) in [5.41, 5.74) is 2.37. The van der Waals surface area contributed by atoms with E-state index < -0.39 is 6.10 Å². The number of aromatic nitrogens is 1.